The summed E-state index contributed by atoms with van der Waals surface area (Å²) in [6.07, 6.45) is 0.749. The third kappa shape index (κ3) is 5.81. The number of hydrogen-bond acceptors (Lipinski definition) is 6. The third-order valence-corrected chi connectivity index (χ3v) is 7.01. The molecule has 0 radical (unpaired) electrons. The van der Waals surface area contributed by atoms with Gasteiger partial charge in [-0.15, -0.1) is 0 Å². The maximum Gasteiger partial charge on any atom is 0.330 e. The predicted molar refractivity (Wildman–Crippen MR) is 149 cm³/mol. The maximum absolute atomic E-state index is 12.5. The summed E-state index contributed by atoms with van der Waals surface area (Å²) in [5.74, 6) is 0. The van der Waals surface area contributed by atoms with Gasteiger partial charge in [0.1, 0.15) is 17.9 Å². The van der Waals surface area contributed by atoms with E-state index in [2.05, 4.69) is 10.3 Å². The quantitative estimate of drug-likeness (QED) is 0.162. The fraction of sp³-hybridized carbons (Fsp3) is 0.258. The van der Waals surface area contributed by atoms with Crippen LogP contribution in [-0.2, 0) is 24.6 Å². The van der Waals surface area contributed by atoms with Gasteiger partial charge in [0.2, 0.25) is 6.41 Å². The molecule has 1 amide bonds. The number of rotatable bonds is 12. The molecule has 1 saturated heterocycles. The van der Waals surface area contributed by atoms with Gasteiger partial charge in [-0.2, -0.15) is 0 Å². The molecular formula is C31H31N3O6. The molecule has 206 valence electrons. The van der Waals surface area contributed by atoms with Crippen molar-refractivity contribution in [2.75, 3.05) is 19.8 Å². The van der Waals surface area contributed by atoms with E-state index in [-0.39, 0.29) is 13.2 Å². The van der Waals surface area contributed by atoms with Crippen LogP contribution in [0, 0.1) is 0 Å². The van der Waals surface area contributed by atoms with E-state index in [9.17, 15) is 14.4 Å². The van der Waals surface area contributed by atoms with Crippen LogP contribution in [0.4, 0.5) is 0 Å². The molecule has 0 unspecified atom stereocenters. The lowest BCUT2D eigenvalue weighted by molar-refractivity contribution is -0.111. The van der Waals surface area contributed by atoms with E-state index in [1.807, 2.05) is 91.0 Å². The van der Waals surface area contributed by atoms with Gasteiger partial charge < -0.3 is 19.5 Å². The Kier molecular flexibility index (Phi) is 8.65. The highest BCUT2D eigenvalue weighted by molar-refractivity contribution is 5.47. The van der Waals surface area contributed by atoms with E-state index in [0.717, 1.165) is 16.7 Å². The number of nitrogens with zero attached hydrogens (tertiary/aromatic N) is 1. The molecule has 3 atom stereocenters. The molecule has 2 heterocycles. The summed E-state index contributed by atoms with van der Waals surface area (Å²) in [5, 5.41) is 2.59. The third-order valence-electron chi connectivity index (χ3n) is 7.01. The lowest BCUT2D eigenvalue weighted by atomic mass is 9.80. The Morgan fingerprint density at radius 1 is 0.900 bits per heavy atom. The van der Waals surface area contributed by atoms with Crippen molar-refractivity contribution in [3.63, 3.8) is 0 Å². The fourth-order valence-corrected chi connectivity index (χ4v) is 5.15. The highest BCUT2D eigenvalue weighted by atomic mass is 16.6. The number of ether oxygens (including phenoxy) is 3. The Morgan fingerprint density at radius 3 is 2.00 bits per heavy atom. The van der Waals surface area contributed by atoms with Crippen molar-refractivity contribution in [2.45, 2.75) is 30.5 Å². The maximum atomic E-state index is 12.5. The number of amides is 1. The standard InChI is InChI=1S/C31H31N3O6/c35-22-32-17-19-38-26-20-29(34-18-16-28(36)33-30(34)37)40-27(26)21-39-31(23-10-4-1-5-11-23,24-12-6-2-7-13-24)25-14-8-3-9-15-25/h1-16,18,22,26-27,29H,17,19-21H2,(H,32,35)(H,33,36,37)/t26-,27+,29-/m0/s1. The normalized spacial score (nSPS) is 18.9. The van der Waals surface area contributed by atoms with Crippen molar-refractivity contribution in [3.05, 3.63) is 141 Å². The number of aromatic nitrogens is 2. The topological polar surface area (TPSA) is 112 Å². The molecule has 0 aliphatic carbocycles. The number of aromatic amines is 1. The molecule has 9 heteroatoms. The molecule has 40 heavy (non-hydrogen) atoms. The molecule has 5 rings (SSSR count). The molecule has 0 spiro atoms. The molecule has 1 aliphatic rings. The summed E-state index contributed by atoms with van der Waals surface area (Å²) in [4.78, 5) is 37.1. The van der Waals surface area contributed by atoms with Crippen LogP contribution in [0.5, 0.6) is 0 Å². The predicted octanol–water partition coefficient (Wildman–Crippen LogP) is 2.96. The highest BCUT2D eigenvalue weighted by Crippen LogP contribution is 2.41. The number of H-pyrrole nitrogens is 1. The van der Waals surface area contributed by atoms with Crippen LogP contribution in [0.15, 0.2) is 113 Å². The largest absolute Gasteiger partial charge is 0.373 e. The van der Waals surface area contributed by atoms with Crippen molar-refractivity contribution < 1.29 is 19.0 Å². The van der Waals surface area contributed by atoms with Crippen molar-refractivity contribution in [3.8, 4) is 0 Å². The van der Waals surface area contributed by atoms with E-state index in [0.29, 0.717) is 19.4 Å². The smallest absolute Gasteiger partial charge is 0.330 e. The molecule has 1 aliphatic heterocycles. The van der Waals surface area contributed by atoms with Crippen molar-refractivity contribution in [1.82, 2.24) is 14.9 Å². The van der Waals surface area contributed by atoms with Crippen LogP contribution in [0.25, 0.3) is 0 Å². The van der Waals surface area contributed by atoms with Gasteiger partial charge in [0.25, 0.3) is 5.56 Å². The average Bonchev–Trinajstić information content (AvgIpc) is 3.40. The van der Waals surface area contributed by atoms with Gasteiger partial charge in [0.05, 0.1) is 19.3 Å². The van der Waals surface area contributed by atoms with Crippen molar-refractivity contribution in [1.29, 1.82) is 0 Å². The molecule has 2 N–H and O–H groups in total. The van der Waals surface area contributed by atoms with Gasteiger partial charge in [0.15, 0.2) is 0 Å². The van der Waals surface area contributed by atoms with Crippen LogP contribution < -0.4 is 16.6 Å². The molecule has 4 aromatic rings. The highest BCUT2D eigenvalue weighted by Gasteiger charge is 2.42. The second kappa shape index (κ2) is 12.7. The Hall–Kier alpha value is -4.31. The van der Waals surface area contributed by atoms with E-state index in [1.54, 1.807) is 0 Å². The minimum atomic E-state index is -0.955. The summed E-state index contributed by atoms with van der Waals surface area (Å²) in [6.45, 7) is 0.732. The van der Waals surface area contributed by atoms with E-state index < -0.39 is 35.3 Å². The molecular weight excluding hydrogens is 510 g/mol. The zero-order valence-corrected chi connectivity index (χ0v) is 21.8. The lowest BCUT2D eigenvalue weighted by Gasteiger charge is -2.37. The van der Waals surface area contributed by atoms with Crippen LogP contribution >= 0.6 is 0 Å². The van der Waals surface area contributed by atoms with Crippen LogP contribution in [-0.4, -0.2) is 47.9 Å². The van der Waals surface area contributed by atoms with E-state index in [4.69, 9.17) is 14.2 Å². The Morgan fingerprint density at radius 2 is 1.48 bits per heavy atom. The first-order chi connectivity index (χ1) is 19.6. The van der Waals surface area contributed by atoms with Crippen LogP contribution in [0.3, 0.4) is 0 Å². The Balaban J connectivity index is 1.50. The minimum absolute atomic E-state index is 0.138. The number of carbonyl (C=O) groups excluding carboxylic acids is 1. The SMILES string of the molecule is O=CNCCO[C@H]1C[C@@H](n2ccc(=O)[nH]c2=O)O[C@@H]1COC(c1ccccc1)(c1ccccc1)c1ccccc1. The summed E-state index contributed by atoms with van der Waals surface area (Å²) in [5.41, 5.74) is 0.853. The number of nitrogens with one attached hydrogen (secondary N) is 2. The van der Waals surface area contributed by atoms with Gasteiger partial charge >= 0.3 is 5.69 Å². The lowest BCUT2D eigenvalue weighted by Crippen LogP contribution is -2.39. The van der Waals surface area contributed by atoms with Crippen molar-refractivity contribution >= 4 is 6.41 Å². The molecule has 1 fully saturated rings. The molecule has 0 saturated carbocycles. The first-order valence-corrected chi connectivity index (χ1v) is 13.2. The van der Waals surface area contributed by atoms with Crippen LogP contribution in [0.2, 0.25) is 0 Å². The van der Waals surface area contributed by atoms with E-state index >= 15 is 0 Å². The zero-order chi connectivity index (χ0) is 27.8. The number of benzene rings is 3. The van der Waals surface area contributed by atoms with E-state index in [1.165, 1.54) is 16.8 Å². The fourth-order valence-electron chi connectivity index (χ4n) is 5.15. The first-order valence-electron chi connectivity index (χ1n) is 13.2. The summed E-state index contributed by atoms with van der Waals surface area (Å²) < 4.78 is 20.7. The Bertz CT molecular complexity index is 1390. The summed E-state index contributed by atoms with van der Waals surface area (Å²) >= 11 is 0. The minimum Gasteiger partial charge on any atom is -0.373 e. The molecule has 0 bridgehead atoms. The van der Waals surface area contributed by atoms with Gasteiger partial charge in [-0.25, -0.2) is 4.79 Å². The molecule has 1 aromatic heterocycles. The second-order valence-corrected chi connectivity index (χ2v) is 9.45. The van der Waals surface area contributed by atoms with Crippen molar-refractivity contribution in [2.24, 2.45) is 0 Å². The average molecular weight is 542 g/mol. The van der Waals surface area contributed by atoms with Gasteiger partial charge in [-0.05, 0) is 16.7 Å². The van der Waals surface area contributed by atoms with Crippen LogP contribution in [0.1, 0.15) is 29.3 Å². The monoisotopic (exact) mass is 541 g/mol. The van der Waals surface area contributed by atoms with Gasteiger partial charge in [-0.1, -0.05) is 91.0 Å². The van der Waals surface area contributed by atoms with Gasteiger partial charge in [0, 0.05) is 25.2 Å². The summed E-state index contributed by atoms with van der Waals surface area (Å²) in [6, 6.07) is 31.3. The Labute approximate surface area is 231 Å². The number of carbonyl (C=O) groups is 1. The number of hydrogen-bond donors (Lipinski definition) is 2. The molecule has 9 nitrogen and oxygen atoms in total. The second-order valence-electron chi connectivity index (χ2n) is 9.45. The van der Waals surface area contributed by atoms with Gasteiger partial charge in [-0.3, -0.25) is 19.1 Å². The first kappa shape index (κ1) is 27.3. The zero-order valence-electron chi connectivity index (χ0n) is 21.8. The summed E-state index contributed by atoms with van der Waals surface area (Å²) in [7, 11) is 0. The molecule has 3 aromatic carbocycles.